The lowest BCUT2D eigenvalue weighted by atomic mass is 10.3. The van der Waals surface area contributed by atoms with Gasteiger partial charge in [-0.1, -0.05) is 30.3 Å². The van der Waals surface area contributed by atoms with Crippen LogP contribution < -0.4 is 15.7 Å². The zero-order valence-corrected chi connectivity index (χ0v) is 13.2. The normalized spacial score (nSPS) is 10.7. The van der Waals surface area contributed by atoms with Crippen LogP contribution in [0.1, 0.15) is 0 Å². The number of benzene rings is 2. The van der Waals surface area contributed by atoms with Crippen molar-refractivity contribution in [3.05, 3.63) is 76.5 Å². The number of nitrogens with zero attached hydrogens (tertiary/aromatic N) is 1. The number of rotatable bonds is 4. The highest BCUT2D eigenvalue weighted by molar-refractivity contribution is 7.16. The number of thiophene rings is 1. The van der Waals surface area contributed by atoms with Crippen molar-refractivity contribution in [1.29, 1.82) is 0 Å². The summed E-state index contributed by atoms with van der Waals surface area (Å²) in [5.74, 6) is 1.33. The monoisotopic (exact) mass is 336 g/mol. The maximum Gasteiger partial charge on any atom is 0.349 e. The Kier molecular flexibility index (Phi) is 3.72. The zero-order valence-electron chi connectivity index (χ0n) is 12.4. The lowest BCUT2D eigenvalue weighted by molar-refractivity contribution is 0.482. The summed E-state index contributed by atoms with van der Waals surface area (Å²) < 4.78 is 11.1. The molecule has 0 saturated heterocycles. The molecule has 0 radical (unpaired) electrons. The molecule has 6 heteroatoms. The topological polar surface area (TPSA) is 64.4 Å². The molecule has 5 nitrogen and oxygen atoms in total. The van der Waals surface area contributed by atoms with Gasteiger partial charge in [-0.05, 0) is 35.7 Å². The van der Waals surface area contributed by atoms with E-state index in [1.54, 1.807) is 6.07 Å². The van der Waals surface area contributed by atoms with E-state index >= 15 is 0 Å². The fourth-order valence-electron chi connectivity index (χ4n) is 2.24. The minimum absolute atomic E-state index is 0.138. The molecule has 0 amide bonds. The maximum absolute atomic E-state index is 12.0. The van der Waals surface area contributed by atoms with Gasteiger partial charge >= 0.3 is 11.6 Å². The van der Waals surface area contributed by atoms with Gasteiger partial charge in [0.15, 0.2) is 5.75 Å². The van der Waals surface area contributed by atoms with Crippen LogP contribution in [0.4, 0.5) is 11.7 Å². The molecule has 0 atom stereocenters. The summed E-state index contributed by atoms with van der Waals surface area (Å²) >= 11 is 1.39. The van der Waals surface area contributed by atoms with E-state index < -0.39 is 5.63 Å². The van der Waals surface area contributed by atoms with Gasteiger partial charge in [0.05, 0.1) is 11.1 Å². The molecule has 2 aromatic carbocycles. The fraction of sp³-hybridized carbons (Fsp3) is 0. The Morgan fingerprint density at radius 1 is 1.00 bits per heavy atom. The maximum atomic E-state index is 12.0. The van der Waals surface area contributed by atoms with Gasteiger partial charge < -0.3 is 14.5 Å². The molecule has 0 aliphatic carbocycles. The highest BCUT2D eigenvalue weighted by Gasteiger charge is 2.10. The summed E-state index contributed by atoms with van der Waals surface area (Å²) in [5, 5.41) is 5.32. The SMILES string of the molecule is O=c1oc(Nc2ccccc2Oc2ccccc2)nc2sccc12. The van der Waals surface area contributed by atoms with Crippen molar-refractivity contribution in [2.24, 2.45) is 0 Å². The molecule has 0 saturated carbocycles. The first-order valence-corrected chi connectivity index (χ1v) is 8.15. The van der Waals surface area contributed by atoms with Gasteiger partial charge in [0.2, 0.25) is 0 Å². The molecule has 118 valence electrons. The zero-order chi connectivity index (χ0) is 16.4. The van der Waals surface area contributed by atoms with Gasteiger partial charge in [-0.25, -0.2) is 4.79 Å². The van der Waals surface area contributed by atoms with Crippen LogP contribution in [0.5, 0.6) is 11.5 Å². The van der Waals surface area contributed by atoms with Crippen molar-refractivity contribution < 1.29 is 9.15 Å². The number of fused-ring (bicyclic) bond motifs is 1. The third-order valence-electron chi connectivity index (χ3n) is 3.36. The number of anilines is 2. The van der Waals surface area contributed by atoms with Crippen LogP contribution in [0.3, 0.4) is 0 Å². The van der Waals surface area contributed by atoms with Crippen LogP contribution in [-0.2, 0) is 0 Å². The predicted octanol–water partition coefficient (Wildman–Crippen LogP) is 4.79. The standard InChI is InChI=1S/C18H12N2O3S/c21-17-13-10-11-24-16(13)20-18(23-17)19-14-8-4-5-9-15(14)22-12-6-2-1-3-7-12/h1-11H,(H,19,20). The Balaban J connectivity index is 1.67. The first-order chi connectivity index (χ1) is 11.8. The molecule has 0 unspecified atom stereocenters. The summed E-state index contributed by atoms with van der Waals surface area (Å²) in [5.41, 5.74) is 0.248. The third-order valence-corrected chi connectivity index (χ3v) is 4.16. The first-order valence-electron chi connectivity index (χ1n) is 7.27. The first kappa shape index (κ1) is 14.5. The van der Waals surface area contributed by atoms with Crippen molar-refractivity contribution in [3.8, 4) is 11.5 Å². The van der Waals surface area contributed by atoms with Gasteiger partial charge in [0, 0.05) is 0 Å². The van der Waals surface area contributed by atoms with Crippen LogP contribution in [0.15, 0.2) is 75.3 Å². The third kappa shape index (κ3) is 2.87. The average molecular weight is 336 g/mol. The smallest absolute Gasteiger partial charge is 0.349 e. The van der Waals surface area contributed by atoms with Gasteiger partial charge in [0.1, 0.15) is 10.6 Å². The molecule has 1 N–H and O–H groups in total. The van der Waals surface area contributed by atoms with Crippen LogP contribution in [0, 0.1) is 0 Å². The molecule has 2 aromatic heterocycles. The molecular formula is C18H12N2O3S. The van der Waals surface area contributed by atoms with Crippen LogP contribution >= 0.6 is 11.3 Å². The Morgan fingerprint density at radius 2 is 1.79 bits per heavy atom. The summed E-state index contributed by atoms with van der Waals surface area (Å²) in [4.78, 5) is 16.9. The molecule has 4 aromatic rings. The molecule has 2 heterocycles. The van der Waals surface area contributed by atoms with Crippen molar-refractivity contribution in [3.63, 3.8) is 0 Å². The highest BCUT2D eigenvalue weighted by atomic mass is 32.1. The Bertz CT molecular complexity index is 1040. The lowest BCUT2D eigenvalue weighted by Crippen LogP contribution is -2.04. The second-order valence-corrected chi connectivity index (χ2v) is 5.88. The molecular weight excluding hydrogens is 324 g/mol. The molecule has 0 aliphatic heterocycles. The largest absolute Gasteiger partial charge is 0.455 e. The number of hydrogen-bond donors (Lipinski definition) is 1. The minimum Gasteiger partial charge on any atom is -0.455 e. The quantitative estimate of drug-likeness (QED) is 0.581. The molecule has 0 fully saturated rings. The Hall–Kier alpha value is -3.12. The van der Waals surface area contributed by atoms with Crippen molar-refractivity contribution in [1.82, 2.24) is 4.98 Å². The second kappa shape index (κ2) is 6.17. The predicted molar refractivity (Wildman–Crippen MR) is 94.4 cm³/mol. The van der Waals surface area contributed by atoms with E-state index in [0.29, 0.717) is 21.7 Å². The molecule has 0 spiro atoms. The summed E-state index contributed by atoms with van der Waals surface area (Å²) in [6.07, 6.45) is 0. The van der Waals surface area contributed by atoms with E-state index in [1.165, 1.54) is 11.3 Å². The number of para-hydroxylation sites is 3. The average Bonchev–Trinajstić information content (AvgIpc) is 3.07. The molecule has 0 aliphatic rings. The van der Waals surface area contributed by atoms with E-state index in [4.69, 9.17) is 9.15 Å². The van der Waals surface area contributed by atoms with Crippen LogP contribution in [0.2, 0.25) is 0 Å². The molecule has 0 bridgehead atoms. The molecule has 4 rings (SSSR count). The summed E-state index contributed by atoms with van der Waals surface area (Å²) in [6.45, 7) is 0. The molecule has 24 heavy (non-hydrogen) atoms. The summed E-state index contributed by atoms with van der Waals surface area (Å²) in [6, 6.07) is 18.7. The number of hydrogen-bond acceptors (Lipinski definition) is 6. The highest BCUT2D eigenvalue weighted by Crippen LogP contribution is 2.31. The van der Waals surface area contributed by atoms with E-state index in [1.807, 2.05) is 60.0 Å². The Morgan fingerprint density at radius 3 is 2.67 bits per heavy atom. The van der Waals surface area contributed by atoms with Crippen LogP contribution in [-0.4, -0.2) is 4.98 Å². The van der Waals surface area contributed by atoms with E-state index in [-0.39, 0.29) is 6.01 Å². The van der Waals surface area contributed by atoms with Gasteiger partial charge in [-0.3, -0.25) is 0 Å². The van der Waals surface area contributed by atoms with Crippen molar-refractivity contribution in [2.75, 3.05) is 5.32 Å². The second-order valence-electron chi connectivity index (χ2n) is 4.98. The number of ether oxygens (including phenoxy) is 1. The van der Waals surface area contributed by atoms with Gasteiger partial charge in [-0.2, -0.15) is 4.98 Å². The van der Waals surface area contributed by atoms with Gasteiger partial charge in [-0.15, -0.1) is 11.3 Å². The van der Waals surface area contributed by atoms with Gasteiger partial charge in [0.25, 0.3) is 0 Å². The van der Waals surface area contributed by atoms with Crippen molar-refractivity contribution >= 4 is 33.3 Å². The number of nitrogens with one attached hydrogen (secondary N) is 1. The minimum atomic E-state index is -0.412. The van der Waals surface area contributed by atoms with Crippen LogP contribution in [0.25, 0.3) is 10.2 Å². The fourth-order valence-corrected chi connectivity index (χ4v) is 2.99. The van der Waals surface area contributed by atoms with E-state index in [9.17, 15) is 4.79 Å². The number of aromatic nitrogens is 1. The lowest BCUT2D eigenvalue weighted by Gasteiger charge is -2.11. The Labute approximate surface area is 141 Å². The van der Waals surface area contributed by atoms with E-state index in [2.05, 4.69) is 10.3 Å². The van der Waals surface area contributed by atoms with E-state index in [0.717, 1.165) is 5.75 Å². The van der Waals surface area contributed by atoms with Crippen molar-refractivity contribution in [2.45, 2.75) is 0 Å². The summed E-state index contributed by atoms with van der Waals surface area (Å²) in [7, 11) is 0.